The van der Waals surface area contributed by atoms with Gasteiger partial charge in [-0.05, 0) is 38.8 Å². The molecular weight excluding hydrogens is 204 g/mol. The van der Waals surface area contributed by atoms with Gasteiger partial charge in [0.05, 0.1) is 13.2 Å². The molecule has 90 valence electrons. The Hall–Kier alpha value is -0.910. The third-order valence-electron chi connectivity index (χ3n) is 3.23. The summed E-state index contributed by atoms with van der Waals surface area (Å²) in [7, 11) is 1.60. The lowest BCUT2D eigenvalue weighted by atomic mass is 9.98. The fraction of sp³-hybridized carbons (Fsp3) is 0.727. The summed E-state index contributed by atoms with van der Waals surface area (Å²) in [5.74, 6) is 0.695. The minimum Gasteiger partial charge on any atom is -0.629 e. The van der Waals surface area contributed by atoms with Gasteiger partial charge in [0.1, 0.15) is 5.69 Å². The molecule has 1 aliphatic rings. The minimum absolute atomic E-state index is 0.106. The molecule has 5 nitrogen and oxygen atoms in total. The molecule has 0 saturated carbocycles. The Balaban J connectivity index is 2.01. The van der Waals surface area contributed by atoms with Gasteiger partial charge in [0, 0.05) is 6.54 Å². The van der Waals surface area contributed by atoms with Gasteiger partial charge in [-0.3, -0.25) is 4.68 Å². The Morgan fingerprint density at radius 1 is 1.56 bits per heavy atom. The molecule has 1 fully saturated rings. The van der Waals surface area contributed by atoms with Crippen molar-refractivity contribution in [3.8, 4) is 0 Å². The minimum atomic E-state index is 0.106. The summed E-state index contributed by atoms with van der Waals surface area (Å²) in [6.07, 6.45) is 4.29. The molecule has 0 spiro atoms. The standard InChI is InChI=1S/C11H20N4O/c1-9-11(14(2)16)8-15(13-9)7-10-3-5-12-6-4-10/h8,10,12,14H,3-7H2,1-2H3. The predicted molar refractivity (Wildman–Crippen MR) is 62.5 cm³/mol. The molecule has 0 amide bonds. The molecular formula is C11H20N4O. The van der Waals surface area contributed by atoms with Crippen molar-refractivity contribution >= 4 is 5.69 Å². The maximum Gasteiger partial charge on any atom is 0.172 e. The highest BCUT2D eigenvalue weighted by Gasteiger charge is 2.16. The summed E-state index contributed by atoms with van der Waals surface area (Å²) in [6, 6.07) is 0. The van der Waals surface area contributed by atoms with Gasteiger partial charge < -0.3 is 15.6 Å². The van der Waals surface area contributed by atoms with Crippen molar-refractivity contribution in [1.29, 1.82) is 0 Å². The number of hydroxylamine groups is 1. The largest absolute Gasteiger partial charge is 0.629 e. The molecule has 16 heavy (non-hydrogen) atoms. The van der Waals surface area contributed by atoms with Crippen molar-refractivity contribution in [1.82, 2.24) is 15.1 Å². The highest BCUT2D eigenvalue weighted by molar-refractivity contribution is 5.30. The lowest BCUT2D eigenvalue weighted by Gasteiger charge is -2.22. The third kappa shape index (κ3) is 2.61. The molecule has 0 bridgehead atoms. The molecule has 1 saturated heterocycles. The van der Waals surface area contributed by atoms with E-state index in [1.165, 1.54) is 12.8 Å². The highest BCUT2D eigenvalue weighted by atomic mass is 16.5. The topological polar surface area (TPSA) is 57.3 Å². The normalized spacial score (nSPS) is 19.9. The van der Waals surface area contributed by atoms with Gasteiger partial charge in [-0.2, -0.15) is 5.10 Å². The van der Waals surface area contributed by atoms with Gasteiger partial charge in [-0.1, -0.05) is 0 Å². The molecule has 1 unspecified atom stereocenters. The van der Waals surface area contributed by atoms with E-state index in [0.717, 1.165) is 31.0 Å². The number of nitrogens with zero attached hydrogens (tertiary/aromatic N) is 2. The van der Waals surface area contributed by atoms with Crippen molar-refractivity contribution in [2.24, 2.45) is 5.92 Å². The van der Waals surface area contributed by atoms with Crippen LogP contribution in [-0.4, -0.2) is 29.9 Å². The second-order valence-corrected chi connectivity index (χ2v) is 4.60. The maximum atomic E-state index is 11.3. The second-order valence-electron chi connectivity index (χ2n) is 4.60. The summed E-state index contributed by atoms with van der Waals surface area (Å²) in [5, 5.41) is 19.2. The second kappa shape index (κ2) is 4.95. The van der Waals surface area contributed by atoms with E-state index in [9.17, 15) is 5.21 Å². The number of aromatic nitrogens is 2. The predicted octanol–water partition coefficient (Wildman–Crippen LogP) is -0.165. The van der Waals surface area contributed by atoms with Crippen LogP contribution < -0.4 is 10.4 Å². The lowest BCUT2D eigenvalue weighted by molar-refractivity contribution is -0.751. The number of aryl methyl sites for hydroxylation is 1. The maximum absolute atomic E-state index is 11.3. The number of nitrogens with one attached hydrogen (secondary N) is 2. The van der Waals surface area contributed by atoms with E-state index in [1.807, 2.05) is 17.8 Å². The van der Waals surface area contributed by atoms with Crippen LogP contribution in [0.25, 0.3) is 0 Å². The Morgan fingerprint density at radius 2 is 2.25 bits per heavy atom. The van der Waals surface area contributed by atoms with E-state index in [0.29, 0.717) is 5.92 Å². The van der Waals surface area contributed by atoms with Gasteiger partial charge >= 0.3 is 0 Å². The van der Waals surface area contributed by atoms with Crippen LogP contribution in [0.2, 0.25) is 0 Å². The van der Waals surface area contributed by atoms with E-state index < -0.39 is 0 Å². The molecule has 2 N–H and O–H groups in total. The molecule has 5 heteroatoms. The molecule has 0 radical (unpaired) electrons. The van der Waals surface area contributed by atoms with Crippen molar-refractivity contribution in [3.63, 3.8) is 0 Å². The van der Waals surface area contributed by atoms with Gasteiger partial charge in [0.15, 0.2) is 5.69 Å². The van der Waals surface area contributed by atoms with Crippen molar-refractivity contribution in [3.05, 3.63) is 17.1 Å². The van der Waals surface area contributed by atoms with E-state index >= 15 is 0 Å². The molecule has 2 heterocycles. The summed E-state index contributed by atoms with van der Waals surface area (Å²) in [4.78, 5) is 0. The molecule has 1 aliphatic heterocycles. The average Bonchev–Trinajstić information content (AvgIpc) is 2.61. The quantitative estimate of drug-likeness (QED) is 0.701. The first kappa shape index (κ1) is 11.6. The fourth-order valence-electron chi connectivity index (χ4n) is 2.29. The first-order chi connectivity index (χ1) is 7.66. The van der Waals surface area contributed by atoms with Crippen LogP contribution in [0.15, 0.2) is 6.20 Å². The van der Waals surface area contributed by atoms with Crippen LogP contribution in [0, 0.1) is 18.0 Å². The zero-order valence-corrected chi connectivity index (χ0v) is 9.99. The number of hydrogen-bond acceptors (Lipinski definition) is 3. The zero-order valence-electron chi connectivity index (χ0n) is 9.99. The molecule has 0 aromatic carbocycles. The number of hydrogen-bond donors (Lipinski definition) is 2. The Labute approximate surface area is 96.0 Å². The zero-order chi connectivity index (χ0) is 11.5. The summed E-state index contributed by atoms with van der Waals surface area (Å²) < 4.78 is 1.93. The number of rotatable bonds is 3. The summed E-state index contributed by atoms with van der Waals surface area (Å²) in [6.45, 7) is 5.04. The molecule has 1 atom stereocenters. The van der Waals surface area contributed by atoms with Crippen molar-refractivity contribution in [2.45, 2.75) is 26.3 Å². The lowest BCUT2D eigenvalue weighted by Crippen LogP contribution is -2.98. The number of piperidine rings is 1. The fourth-order valence-corrected chi connectivity index (χ4v) is 2.29. The van der Waals surface area contributed by atoms with Gasteiger partial charge in [-0.15, -0.1) is 0 Å². The third-order valence-corrected chi connectivity index (χ3v) is 3.23. The summed E-state index contributed by atoms with van der Waals surface area (Å²) in [5.41, 5.74) is 1.61. The smallest absolute Gasteiger partial charge is 0.172 e. The van der Waals surface area contributed by atoms with E-state index in [2.05, 4.69) is 10.4 Å². The average molecular weight is 224 g/mol. The van der Waals surface area contributed by atoms with Crippen LogP contribution in [-0.2, 0) is 6.54 Å². The van der Waals surface area contributed by atoms with Crippen molar-refractivity contribution < 1.29 is 5.06 Å². The van der Waals surface area contributed by atoms with E-state index in [-0.39, 0.29) is 5.06 Å². The van der Waals surface area contributed by atoms with Gasteiger partial charge in [0.25, 0.3) is 0 Å². The van der Waals surface area contributed by atoms with Crippen LogP contribution in [0.4, 0.5) is 5.69 Å². The summed E-state index contributed by atoms with van der Waals surface area (Å²) >= 11 is 0. The molecule has 0 aliphatic carbocycles. The van der Waals surface area contributed by atoms with E-state index in [1.54, 1.807) is 7.05 Å². The first-order valence-corrected chi connectivity index (χ1v) is 5.92. The van der Waals surface area contributed by atoms with Crippen LogP contribution in [0.5, 0.6) is 0 Å². The van der Waals surface area contributed by atoms with E-state index in [4.69, 9.17) is 0 Å². The number of quaternary nitrogens is 1. The van der Waals surface area contributed by atoms with Crippen LogP contribution >= 0.6 is 0 Å². The SMILES string of the molecule is Cc1nn(CC2CCNCC2)cc1[NH+](C)[O-]. The molecule has 2 rings (SSSR count). The van der Waals surface area contributed by atoms with Gasteiger partial charge in [-0.25, -0.2) is 0 Å². The molecule has 1 aromatic rings. The van der Waals surface area contributed by atoms with Crippen molar-refractivity contribution in [2.75, 3.05) is 20.1 Å². The molecule has 1 aromatic heterocycles. The van der Waals surface area contributed by atoms with Gasteiger partial charge in [0.2, 0.25) is 0 Å². The monoisotopic (exact) mass is 224 g/mol. The Morgan fingerprint density at radius 3 is 2.81 bits per heavy atom. The Bertz CT molecular complexity index is 342. The first-order valence-electron chi connectivity index (χ1n) is 5.92. The Kier molecular flexibility index (Phi) is 3.58. The highest BCUT2D eigenvalue weighted by Crippen LogP contribution is 2.15. The van der Waals surface area contributed by atoms with Crippen LogP contribution in [0.1, 0.15) is 18.5 Å². The van der Waals surface area contributed by atoms with Crippen LogP contribution in [0.3, 0.4) is 0 Å².